The standard InChI is InChI=1S/C17H17N5/c18-10-14-4-1-2-6-16(14)22-12-15(11-20-22)21-9-7-13-5-3-8-19-17(13)21/h3,5,7-9,11-12,14,16H,1-2,4,6H2. The highest BCUT2D eigenvalue weighted by Crippen LogP contribution is 2.33. The fourth-order valence-corrected chi connectivity index (χ4v) is 3.39. The van der Waals surface area contributed by atoms with Crippen LogP contribution in [0.4, 0.5) is 0 Å². The molecule has 110 valence electrons. The zero-order chi connectivity index (χ0) is 14.9. The quantitative estimate of drug-likeness (QED) is 0.726. The highest BCUT2D eigenvalue weighted by atomic mass is 15.3. The van der Waals surface area contributed by atoms with Crippen LogP contribution in [0.2, 0.25) is 0 Å². The summed E-state index contributed by atoms with van der Waals surface area (Å²) < 4.78 is 4.01. The van der Waals surface area contributed by atoms with Crippen molar-refractivity contribution in [3.8, 4) is 11.8 Å². The summed E-state index contributed by atoms with van der Waals surface area (Å²) in [5.41, 5.74) is 1.93. The molecule has 0 radical (unpaired) electrons. The smallest absolute Gasteiger partial charge is 0.144 e. The fourth-order valence-electron chi connectivity index (χ4n) is 3.39. The zero-order valence-electron chi connectivity index (χ0n) is 12.3. The Labute approximate surface area is 128 Å². The number of pyridine rings is 1. The maximum Gasteiger partial charge on any atom is 0.144 e. The van der Waals surface area contributed by atoms with E-state index in [-0.39, 0.29) is 12.0 Å². The van der Waals surface area contributed by atoms with E-state index < -0.39 is 0 Å². The van der Waals surface area contributed by atoms with Crippen molar-refractivity contribution < 1.29 is 0 Å². The molecule has 2 unspecified atom stereocenters. The SMILES string of the molecule is N#CC1CCCCC1n1cc(-n2ccc3cccnc32)cn1. The van der Waals surface area contributed by atoms with Crippen LogP contribution in [0.15, 0.2) is 43.0 Å². The summed E-state index contributed by atoms with van der Waals surface area (Å²) in [6, 6.07) is 8.69. The van der Waals surface area contributed by atoms with Crippen LogP contribution in [-0.4, -0.2) is 19.3 Å². The third kappa shape index (κ3) is 2.08. The van der Waals surface area contributed by atoms with Gasteiger partial charge in [-0.05, 0) is 31.0 Å². The number of fused-ring (bicyclic) bond motifs is 1. The molecule has 1 fully saturated rings. The van der Waals surface area contributed by atoms with Gasteiger partial charge in [0.2, 0.25) is 0 Å². The maximum atomic E-state index is 9.35. The highest BCUT2D eigenvalue weighted by molar-refractivity contribution is 5.77. The van der Waals surface area contributed by atoms with E-state index in [1.807, 2.05) is 33.9 Å². The summed E-state index contributed by atoms with van der Waals surface area (Å²) in [5, 5.41) is 15.0. The molecule has 5 nitrogen and oxygen atoms in total. The number of rotatable bonds is 2. The average Bonchev–Trinajstić information content (AvgIpc) is 3.21. The largest absolute Gasteiger partial charge is 0.298 e. The molecule has 0 saturated heterocycles. The van der Waals surface area contributed by atoms with Crippen LogP contribution in [0.3, 0.4) is 0 Å². The molecule has 22 heavy (non-hydrogen) atoms. The predicted molar refractivity (Wildman–Crippen MR) is 83.5 cm³/mol. The van der Waals surface area contributed by atoms with E-state index >= 15 is 0 Å². The van der Waals surface area contributed by atoms with Gasteiger partial charge in [0.1, 0.15) is 5.65 Å². The molecule has 3 aromatic heterocycles. The van der Waals surface area contributed by atoms with Gasteiger partial charge < -0.3 is 0 Å². The molecule has 3 heterocycles. The normalized spacial score (nSPS) is 21.8. The first kappa shape index (κ1) is 13.1. The summed E-state index contributed by atoms with van der Waals surface area (Å²) in [6.45, 7) is 0. The summed E-state index contributed by atoms with van der Waals surface area (Å²) >= 11 is 0. The van der Waals surface area contributed by atoms with Gasteiger partial charge in [-0.1, -0.05) is 12.8 Å². The molecule has 1 aliphatic carbocycles. The minimum Gasteiger partial charge on any atom is -0.298 e. The van der Waals surface area contributed by atoms with E-state index in [1.165, 1.54) is 6.42 Å². The number of hydrogen-bond acceptors (Lipinski definition) is 3. The van der Waals surface area contributed by atoms with Gasteiger partial charge in [-0.25, -0.2) is 4.98 Å². The van der Waals surface area contributed by atoms with Crippen molar-refractivity contribution in [2.75, 3.05) is 0 Å². The summed E-state index contributed by atoms with van der Waals surface area (Å²) in [7, 11) is 0. The Bertz CT molecular complexity index is 838. The van der Waals surface area contributed by atoms with Crippen LogP contribution >= 0.6 is 0 Å². The Kier molecular flexibility index (Phi) is 3.15. The van der Waals surface area contributed by atoms with Crippen molar-refractivity contribution in [3.05, 3.63) is 43.0 Å². The lowest BCUT2D eigenvalue weighted by Gasteiger charge is -2.26. The second-order valence-electron chi connectivity index (χ2n) is 5.87. The minimum atomic E-state index is 0.0704. The third-order valence-electron chi connectivity index (χ3n) is 4.55. The number of aromatic nitrogens is 4. The summed E-state index contributed by atoms with van der Waals surface area (Å²) in [6.07, 6.45) is 12.0. The monoisotopic (exact) mass is 291 g/mol. The van der Waals surface area contributed by atoms with Crippen molar-refractivity contribution in [2.45, 2.75) is 31.7 Å². The van der Waals surface area contributed by atoms with E-state index in [0.29, 0.717) is 0 Å². The van der Waals surface area contributed by atoms with Gasteiger partial charge in [0.15, 0.2) is 0 Å². The van der Waals surface area contributed by atoms with Crippen molar-refractivity contribution in [1.29, 1.82) is 5.26 Å². The topological polar surface area (TPSA) is 59.4 Å². The molecule has 0 aromatic carbocycles. The molecule has 3 aromatic rings. The zero-order valence-corrected chi connectivity index (χ0v) is 12.3. The second-order valence-corrected chi connectivity index (χ2v) is 5.87. The van der Waals surface area contributed by atoms with Crippen LogP contribution in [0, 0.1) is 17.2 Å². The van der Waals surface area contributed by atoms with Gasteiger partial charge in [0, 0.05) is 24.0 Å². The number of nitriles is 1. The molecule has 1 aliphatic rings. The molecule has 0 amide bonds. The first-order valence-corrected chi connectivity index (χ1v) is 7.73. The van der Waals surface area contributed by atoms with Crippen molar-refractivity contribution >= 4 is 11.0 Å². The predicted octanol–water partition coefficient (Wildman–Crippen LogP) is 3.48. The Hall–Kier alpha value is -2.61. The fraction of sp³-hybridized carbons (Fsp3) is 0.353. The highest BCUT2D eigenvalue weighted by Gasteiger charge is 2.27. The van der Waals surface area contributed by atoms with Gasteiger partial charge in [-0.15, -0.1) is 0 Å². The lowest BCUT2D eigenvalue weighted by Crippen LogP contribution is -2.22. The molecule has 0 spiro atoms. The summed E-state index contributed by atoms with van der Waals surface area (Å²) in [4.78, 5) is 4.44. The van der Waals surface area contributed by atoms with E-state index in [4.69, 9.17) is 0 Å². The van der Waals surface area contributed by atoms with Gasteiger partial charge in [0.25, 0.3) is 0 Å². The van der Waals surface area contributed by atoms with E-state index in [0.717, 1.165) is 36.0 Å². The van der Waals surface area contributed by atoms with Crippen LogP contribution in [0.25, 0.3) is 16.7 Å². The molecule has 2 atom stereocenters. The molecule has 1 saturated carbocycles. The van der Waals surface area contributed by atoms with Crippen LogP contribution < -0.4 is 0 Å². The van der Waals surface area contributed by atoms with Crippen LogP contribution in [0.1, 0.15) is 31.7 Å². The van der Waals surface area contributed by atoms with E-state index in [9.17, 15) is 5.26 Å². The lowest BCUT2D eigenvalue weighted by molar-refractivity contribution is 0.270. The van der Waals surface area contributed by atoms with Gasteiger partial charge in [-0.3, -0.25) is 9.25 Å². The van der Waals surface area contributed by atoms with E-state index in [1.54, 1.807) is 6.20 Å². The average molecular weight is 291 g/mol. The summed E-state index contributed by atoms with van der Waals surface area (Å²) in [5.74, 6) is 0.0704. The van der Waals surface area contributed by atoms with Gasteiger partial charge in [0.05, 0.1) is 29.9 Å². The molecule has 0 bridgehead atoms. The first-order valence-electron chi connectivity index (χ1n) is 7.73. The van der Waals surface area contributed by atoms with E-state index in [2.05, 4.69) is 28.3 Å². The number of hydrogen-bond donors (Lipinski definition) is 0. The molecule has 0 N–H and O–H groups in total. The van der Waals surface area contributed by atoms with Crippen LogP contribution in [-0.2, 0) is 0 Å². The van der Waals surface area contributed by atoms with Crippen LogP contribution in [0.5, 0.6) is 0 Å². The maximum absolute atomic E-state index is 9.35. The Balaban J connectivity index is 1.71. The number of nitrogens with zero attached hydrogens (tertiary/aromatic N) is 5. The second kappa shape index (κ2) is 5.30. The first-order chi connectivity index (χ1) is 10.9. The van der Waals surface area contributed by atoms with Crippen molar-refractivity contribution in [1.82, 2.24) is 19.3 Å². The molecular formula is C17H17N5. The van der Waals surface area contributed by atoms with Gasteiger partial charge in [-0.2, -0.15) is 10.4 Å². The Morgan fingerprint density at radius 1 is 1.23 bits per heavy atom. The molecular weight excluding hydrogens is 274 g/mol. The van der Waals surface area contributed by atoms with Crippen molar-refractivity contribution in [2.24, 2.45) is 5.92 Å². The van der Waals surface area contributed by atoms with Crippen molar-refractivity contribution in [3.63, 3.8) is 0 Å². The Morgan fingerprint density at radius 2 is 2.14 bits per heavy atom. The molecule has 0 aliphatic heterocycles. The molecule has 4 rings (SSSR count). The third-order valence-corrected chi connectivity index (χ3v) is 4.55. The Morgan fingerprint density at radius 3 is 3.05 bits per heavy atom. The lowest BCUT2D eigenvalue weighted by atomic mass is 9.86. The molecule has 5 heteroatoms. The minimum absolute atomic E-state index is 0.0704. The van der Waals surface area contributed by atoms with Gasteiger partial charge >= 0.3 is 0 Å².